The third-order valence-corrected chi connectivity index (χ3v) is 2.40. The third-order valence-electron chi connectivity index (χ3n) is 2.40. The van der Waals surface area contributed by atoms with Crippen molar-refractivity contribution in [2.24, 2.45) is 0 Å². The molecule has 0 radical (unpaired) electrons. The molecular weight excluding hydrogens is 202 g/mol. The molecule has 5 heteroatoms. The Labute approximate surface area is 94.3 Å². The topological polar surface area (TPSA) is 69.6 Å². The first-order valence-corrected chi connectivity index (χ1v) is 5.23. The molecule has 0 saturated heterocycles. The Balaban J connectivity index is 2.52. The minimum Gasteiger partial charge on any atom is -0.397 e. The van der Waals surface area contributed by atoms with E-state index >= 15 is 0 Å². The summed E-state index contributed by atoms with van der Waals surface area (Å²) in [5, 5.41) is 8.22. The normalized spacial score (nSPS) is 11.0. The number of hydrogen-bond donors (Lipinski definition) is 1. The van der Waals surface area contributed by atoms with Gasteiger partial charge in [-0.25, -0.2) is 0 Å². The maximum absolute atomic E-state index is 5.60. The van der Waals surface area contributed by atoms with Gasteiger partial charge in [-0.1, -0.05) is 0 Å². The van der Waals surface area contributed by atoms with Crippen LogP contribution in [0.25, 0.3) is 11.5 Å². The maximum Gasteiger partial charge on any atom is 0.182 e. The van der Waals surface area contributed by atoms with Crippen LogP contribution in [0.1, 0.15) is 25.7 Å². The van der Waals surface area contributed by atoms with Crippen LogP contribution >= 0.6 is 0 Å². The lowest BCUT2D eigenvalue weighted by Gasteiger charge is -2.11. The van der Waals surface area contributed by atoms with Crippen molar-refractivity contribution >= 4 is 5.69 Å². The summed E-state index contributed by atoms with van der Waals surface area (Å²) in [4.78, 5) is 4.26. The minimum atomic E-state index is 0.310. The smallest absolute Gasteiger partial charge is 0.182 e. The summed E-state index contributed by atoms with van der Waals surface area (Å²) < 4.78 is 2.05. The Morgan fingerprint density at radius 3 is 2.56 bits per heavy atom. The van der Waals surface area contributed by atoms with Crippen molar-refractivity contribution in [3.05, 3.63) is 24.2 Å². The number of aromatic nitrogens is 4. The summed E-state index contributed by atoms with van der Waals surface area (Å²) in [5.41, 5.74) is 7.05. The van der Waals surface area contributed by atoms with Crippen LogP contribution in [-0.4, -0.2) is 19.7 Å². The zero-order valence-electron chi connectivity index (χ0n) is 9.68. The van der Waals surface area contributed by atoms with E-state index in [0.29, 0.717) is 11.7 Å². The molecule has 2 heterocycles. The van der Waals surface area contributed by atoms with Crippen LogP contribution in [0.2, 0.25) is 0 Å². The van der Waals surface area contributed by atoms with Crippen molar-refractivity contribution in [1.29, 1.82) is 0 Å². The lowest BCUT2D eigenvalue weighted by molar-refractivity contribution is 0.587. The summed E-state index contributed by atoms with van der Waals surface area (Å²) in [6, 6.07) is 3.98. The fourth-order valence-electron chi connectivity index (χ4n) is 1.70. The second kappa shape index (κ2) is 3.92. The van der Waals surface area contributed by atoms with Gasteiger partial charge in [0.2, 0.25) is 0 Å². The molecule has 0 bridgehead atoms. The Hall–Kier alpha value is -1.91. The second-order valence-corrected chi connectivity index (χ2v) is 4.01. The standard InChI is InChI=1S/C11H15N5/c1-7(2)16-8(3)14-15-11(16)10-5-4-9(12)6-13-10/h4-7H,12H2,1-3H3. The van der Waals surface area contributed by atoms with Gasteiger partial charge in [-0.3, -0.25) is 4.98 Å². The predicted molar refractivity (Wildman–Crippen MR) is 62.8 cm³/mol. The molecule has 0 spiro atoms. The van der Waals surface area contributed by atoms with Gasteiger partial charge in [0, 0.05) is 6.04 Å². The number of aryl methyl sites for hydroxylation is 1. The molecule has 16 heavy (non-hydrogen) atoms. The van der Waals surface area contributed by atoms with Gasteiger partial charge < -0.3 is 10.3 Å². The molecule has 0 aliphatic heterocycles. The first-order chi connectivity index (χ1) is 7.59. The summed E-state index contributed by atoms with van der Waals surface area (Å²) in [7, 11) is 0. The van der Waals surface area contributed by atoms with E-state index in [1.54, 1.807) is 6.20 Å². The van der Waals surface area contributed by atoms with E-state index in [1.165, 1.54) is 0 Å². The molecule has 84 valence electrons. The van der Waals surface area contributed by atoms with Crippen LogP contribution < -0.4 is 5.73 Å². The van der Waals surface area contributed by atoms with E-state index < -0.39 is 0 Å². The number of nitrogen functional groups attached to an aromatic ring is 1. The van der Waals surface area contributed by atoms with Crippen molar-refractivity contribution < 1.29 is 0 Å². The average Bonchev–Trinajstić information content (AvgIpc) is 2.61. The predicted octanol–water partition coefficient (Wildman–Crippen LogP) is 1.81. The maximum atomic E-state index is 5.60. The largest absolute Gasteiger partial charge is 0.397 e. The molecule has 2 aromatic heterocycles. The molecule has 0 amide bonds. The molecule has 0 aromatic carbocycles. The van der Waals surface area contributed by atoms with Gasteiger partial charge >= 0.3 is 0 Å². The number of anilines is 1. The van der Waals surface area contributed by atoms with Gasteiger partial charge in [-0.15, -0.1) is 10.2 Å². The SMILES string of the molecule is Cc1nnc(-c2ccc(N)cn2)n1C(C)C. The van der Waals surface area contributed by atoms with Gasteiger partial charge in [0.1, 0.15) is 11.5 Å². The van der Waals surface area contributed by atoms with Gasteiger partial charge in [0.05, 0.1) is 11.9 Å². The van der Waals surface area contributed by atoms with E-state index in [-0.39, 0.29) is 0 Å². The van der Waals surface area contributed by atoms with Crippen LogP contribution in [-0.2, 0) is 0 Å². The second-order valence-electron chi connectivity index (χ2n) is 4.01. The average molecular weight is 217 g/mol. The first kappa shape index (κ1) is 10.6. The van der Waals surface area contributed by atoms with Gasteiger partial charge in [0.15, 0.2) is 5.82 Å². The van der Waals surface area contributed by atoms with Crippen molar-refractivity contribution in [2.45, 2.75) is 26.8 Å². The van der Waals surface area contributed by atoms with E-state index in [1.807, 2.05) is 19.1 Å². The zero-order chi connectivity index (χ0) is 11.7. The molecule has 0 unspecified atom stereocenters. The van der Waals surface area contributed by atoms with Crippen LogP contribution in [0.5, 0.6) is 0 Å². The molecule has 0 aliphatic carbocycles. The van der Waals surface area contributed by atoms with Crippen molar-refractivity contribution in [3.8, 4) is 11.5 Å². The summed E-state index contributed by atoms with van der Waals surface area (Å²) in [5.74, 6) is 1.68. The number of pyridine rings is 1. The monoisotopic (exact) mass is 217 g/mol. The summed E-state index contributed by atoms with van der Waals surface area (Å²) >= 11 is 0. The lowest BCUT2D eigenvalue weighted by Crippen LogP contribution is -2.06. The van der Waals surface area contributed by atoms with E-state index in [0.717, 1.165) is 17.3 Å². The number of hydrogen-bond acceptors (Lipinski definition) is 4. The quantitative estimate of drug-likeness (QED) is 0.832. The highest BCUT2D eigenvalue weighted by Crippen LogP contribution is 2.20. The number of nitrogens with two attached hydrogens (primary N) is 1. The highest BCUT2D eigenvalue weighted by Gasteiger charge is 2.13. The summed E-state index contributed by atoms with van der Waals surface area (Å²) in [6.07, 6.45) is 1.63. The highest BCUT2D eigenvalue weighted by molar-refractivity contribution is 5.52. The van der Waals surface area contributed by atoms with E-state index in [2.05, 4.69) is 33.6 Å². The molecule has 0 fully saturated rings. The first-order valence-electron chi connectivity index (χ1n) is 5.23. The Morgan fingerprint density at radius 2 is 2.00 bits per heavy atom. The van der Waals surface area contributed by atoms with Gasteiger partial charge in [-0.2, -0.15) is 0 Å². The zero-order valence-corrected chi connectivity index (χ0v) is 9.68. The van der Waals surface area contributed by atoms with Gasteiger partial charge in [0.25, 0.3) is 0 Å². The summed E-state index contributed by atoms with van der Waals surface area (Å²) in [6.45, 7) is 6.13. The fourth-order valence-corrected chi connectivity index (χ4v) is 1.70. The highest BCUT2D eigenvalue weighted by atomic mass is 15.3. The number of rotatable bonds is 2. The van der Waals surface area contributed by atoms with Crippen molar-refractivity contribution in [2.75, 3.05) is 5.73 Å². The molecule has 2 aromatic rings. The van der Waals surface area contributed by atoms with Crippen LogP contribution in [0, 0.1) is 6.92 Å². The van der Waals surface area contributed by atoms with Crippen molar-refractivity contribution in [1.82, 2.24) is 19.7 Å². The van der Waals surface area contributed by atoms with E-state index in [9.17, 15) is 0 Å². The van der Waals surface area contributed by atoms with Crippen LogP contribution in [0.4, 0.5) is 5.69 Å². The molecular formula is C11H15N5. The minimum absolute atomic E-state index is 0.310. The third kappa shape index (κ3) is 1.76. The molecule has 5 nitrogen and oxygen atoms in total. The molecule has 0 atom stereocenters. The molecule has 0 aliphatic rings. The Kier molecular flexibility index (Phi) is 2.60. The lowest BCUT2D eigenvalue weighted by atomic mass is 10.3. The van der Waals surface area contributed by atoms with Crippen LogP contribution in [0.3, 0.4) is 0 Å². The Morgan fingerprint density at radius 1 is 1.25 bits per heavy atom. The molecule has 2 N–H and O–H groups in total. The molecule has 0 saturated carbocycles. The van der Waals surface area contributed by atoms with Crippen molar-refractivity contribution in [3.63, 3.8) is 0 Å². The Bertz CT molecular complexity index is 484. The van der Waals surface area contributed by atoms with E-state index in [4.69, 9.17) is 5.73 Å². The van der Waals surface area contributed by atoms with Gasteiger partial charge in [-0.05, 0) is 32.9 Å². The molecule has 2 rings (SSSR count). The fraction of sp³-hybridized carbons (Fsp3) is 0.364. The van der Waals surface area contributed by atoms with Crippen LogP contribution in [0.15, 0.2) is 18.3 Å². The number of nitrogens with zero attached hydrogens (tertiary/aromatic N) is 4.